The Labute approximate surface area is 106 Å². The van der Waals surface area contributed by atoms with Crippen molar-refractivity contribution >= 4 is 17.0 Å². The van der Waals surface area contributed by atoms with E-state index in [0.29, 0.717) is 0 Å². The quantitative estimate of drug-likeness (QED) is 0.586. The molecule has 3 heteroatoms. The Morgan fingerprint density at radius 2 is 2.17 bits per heavy atom. The van der Waals surface area contributed by atoms with Gasteiger partial charge in [0, 0.05) is 24.1 Å². The average molecular weight is 240 g/mol. The lowest BCUT2D eigenvalue weighted by atomic mass is 9.72. The summed E-state index contributed by atoms with van der Waals surface area (Å²) in [4.78, 5) is 14.7. The van der Waals surface area contributed by atoms with Crippen LogP contribution >= 0.6 is 0 Å². The molecule has 0 aliphatic heterocycles. The Bertz CT molecular complexity index is 658. The van der Waals surface area contributed by atoms with E-state index in [1.807, 2.05) is 0 Å². The summed E-state index contributed by atoms with van der Waals surface area (Å²) in [7, 11) is 2.05. The van der Waals surface area contributed by atoms with E-state index in [2.05, 4.69) is 47.9 Å². The van der Waals surface area contributed by atoms with Crippen LogP contribution in [-0.2, 0) is 17.4 Å². The predicted octanol–water partition coefficient (Wildman–Crippen LogP) is 3.20. The first-order chi connectivity index (χ1) is 8.66. The van der Waals surface area contributed by atoms with Crippen molar-refractivity contribution in [2.24, 2.45) is 12.0 Å². The molecule has 2 aromatic rings. The summed E-state index contributed by atoms with van der Waals surface area (Å²) in [5, 5.41) is 1.25. The monoisotopic (exact) mass is 240 g/mol. The average Bonchev–Trinajstić information content (AvgIpc) is 2.59. The number of benzene rings is 1. The predicted molar refractivity (Wildman–Crippen MR) is 71.3 cm³/mol. The normalized spacial score (nSPS) is 17.2. The van der Waals surface area contributed by atoms with Gasteiger partial charge in [-0.3, -0.25) is 0 Å². The molecule has 3 rings (SSSR count). The molecule has 0 atom stereocenters. The summed E-state index contributed by atoms with van der Waals surface area (Å²) in [6.07, 6.45) is 6.93. The van der Waals surface area contributed by atoms with Crippen molar-refractivity contribution in [3.63, 3.8) is 0 Å². The molecule has 1 aromatic carbocycles. The summed E-state index contributed by atoms with van der Waals surface area (Å²) in [5.41, 5.74) is 3.34. The van der Waals surface area contributed by atoms with Gasteiger partial charge < -0.3 is 4.57 Å². The lowest BCUT2D eigenvalue weighted by Gasteiger charge is -2.37. The molecule has 1 fully saturated rings. The first-order valence-corrected chi connectivity index (χ1v) is 6.31. The van der Waals surface area contributed by atoms with Crippen LogP contribution in [0.15, 0.2) is 29.4 Å². The molecule has 0 radical (unpaired) electrons. The van der Waals surface area contributed by atoms with E-state index in [-0.39, 0.29) is 5.54 Å². The molecule has 1 aliphatic carbocycles. The van der Waals surface area contributed by atoms with E-state index in [0.717, 1.165) is 24.8 Å². The molecule has 0 unspecified atom stereocenters. The number of hydrogen-bond acceptors (Lipinski definition) is 2. The second kappa shape index (κ2) is 3.82. The fourth-order valence-corrected chi connectivity index (χ4v) is 2.94. The Balaban J connectivity index is 2.19. The molecule has 1 aliphatic rings. The zero-order chi connectivity index (χ0) is 12.8. The Morgan fingerprint density at radius 3 is 2.78 bits per heavy atom. The van der Waals surface area contributed by atoms with E-state index in [1.165, 1.54) is 16.5 Å². The molecule has 1 heterocycles. The molecule has 0 saturated heterocycles. The van der Waals surface area contributed by atoms with Crippen molar-refractivity contribution in [1.82, 2.24) is 4.57 Å². The van der Waals surface area contributed by atoms with Gasteiger partial charge in [-0.05, 0) is 49.4 Å². The van der Waals surface area contributed by atoms with Gasteiger partial charge in [0.2, 0.25) is 6.08 Å². The van der Waals surface area contributed by atoms with Crippen molar-refractivity contribution in [2.45, 2.75) is 31.7 Å². The zero-order valence-corrected chi connectivity index (χ0v) is 10.7. The van der Waals surface area contributed by atoms with Crippen LogP contribution in [0.25, 0.3) is 10.9 Å². The highest BCUT2D eigenvalue weighted by molar-refractivity contribution is 5.84. The van der Waals surface area contributed by atoms with Crippen LogP contribution in [0.3, 0.4) is 0 Å². The Hall–Kier alpha value is -1.86. The van der Waals surface area contributed by atoms with Gasteiger partial charge in [0.05, 0.1) is 5.54 Å². The highest BCUT2D eigenvalue weighted by atomic mass is 16.1. The zero-order valence-electron chi connectivity index (χ0n) is 10.7. The number of rotatable bonds is 2. The fourth-order valence-electron chi connectivity index (χ4n) is 2.94. The van der Waals surface area contributed by atoms with E-state index >= 15 is 0 Å². The highest BCUT2D eigenvalue weighted by Gasteiger charge is 2.38. The Kier molecular flexibility index (Phi) is 2.39. The van der Waals surface area contributed by atoms with Gasteiger partial charge in [-0.15, -0.1) is 0 Å². The second-order valence-corrected chi connectivity index (χ2v) is 5.24. The first kappa shape index (κ1) is 11.2. The van der Waals surface area contributed by atoms with E-state index in [9.17, 15) is 4.79 Å². The molecule has 1 saturated carbocycles. The standard InChI is InChI=1S/C15H16N2O/c1-11-9-17(2)14-5-4-12(8-13(11)14)15(16-10-18)6-3-7-15/h4-5,8-9H,3,6-7H2,1-2H3. The number of aryl methyl sites for hydroxylation is 2. The van der Waals surface area contributed by atoms with Crippen molar-refractivity contribution in [2.75, 3.05) is 0 Å². The number of aliphatic imine (C=N–C) groups is 1. The molecule has 0 bridgehead atoms. The molecule has 3 nitrogen and oxygen atoms in total. The van der Waals surface area contributed by atoms with E-state index in [4.69, 9.17) is 0 Å². The van der Waals surface area contributed by atoms with Crippen LogP contribution in [0.4, 0.5) is 0 Å². The van der Waals surface area contributed by atoms with Crippen molar-refractivity contribution in [3.8, 4) is 0 Å². The van der Waals surface area contributed by atoms with Crippen LogP contribution < -0.4 is 0 Å². The third-order valence-electron chi connectivity index (χ3n) is 4.17. The fraction of sp³-hybridized carbons (Fsp3) is 0.400. The number of fused-ring (bicyclic) bond motifs is 1. The summed E-state index contributed by atoms with van der Waals surface area (Å²) in [6.45, 7) is 2.11. The number of aromatic nitrogens is 1. The van der Waals surface area contributed by atoms with Crippen molar-refractivity contribution < 1.29 is 4.79 Å². The third-order valence-corrected chi connectivity index (χ3v) is 4.17. The van der Waals surface area contributed by atoms with Crippen LogP contribution in [0.5, 0.6) is 0 Å². The number of nitrogens with zero attached hydrogens (tertiary/aromatic N) is 2. The first-order valence-electron chi connectivity index (χ1n) is 6.31. The molecular formula is C15H16N2O. The largest absolute Gasteiger partial charge is 0.350 e. The lowest BCUT2D eigenvalue weighted by Crippen LogP contribution is -2.31. The molecule has 0 N–H and O–H groups in total. The van der Waals surface area contributed by atoms with Crippen molar-refractivity contribution in [1.29, 1.82) is 0 Å². The number of carbonyl (C=O) groups excluding carboxylic acids is 1. The molecule has 0 amide bonds. The summed E-state index contributed by atoms with van der Waals surface area (Å²) < 4.78 is 2.13. The van der Waals surface area contributed by atoms with Gasteiger partial charge in [-0.25, -0.2) is 4.79 Å². The summed E-state index contributed by atoms with van der Waals surface area (Å²) >= 11 is 0. The number of hydrogen-bond donors (Lipinski definition) is 0. The van der Waals surface area contributed by atoms with Crippen LogP contribution in [0.2, 0.25) is 0 Å². The smallest absolute Gasteiger partial charge is 0.235 e. The van der Waals surface area contributed by atoms with E-state index < -0.39 is 0 Å². The molecule has 0 spiro atoms. The summed E-state index contributed by atoms with van der Waals surface area (Å²) in [6, 6.07) is 6.41. The molecular weight excluding hydrogens is 224 g/mol. The highest BCUT2D eigenvalue weighted by Crippen LogP contribution is 2.45. The molecule has 18 heavy (non-hydrogen) atoms. The van der Waals surface area contributed by atoms with E-state index in [1.54, 1.807) is 6.08 Å². The Morgan fingerprint density at radius 1 is 1.39 bits per heavy atom. The molecule has 1 aromatic heterocycles. The third kappa shape index (κ3) is 1.44. The van der Waals surface area contributed by atoms with Gasteiger partial charge in [0.1, 0.15) is 0 Å². The maximum Gasteiger partial charge on any atom is 0.235 e. The minimum atomic E-state index is -0.293. The van der Waals surface area contributed by atoms with Gasteiger partial charge in [0.15, 0.2) is 0 Å². The SMILES string of the molecule is Cc1cn(C)c2ccc(C3(N=C=O)CCC3)cc12. The van der Waals surface area contributed by atoms with Gasteiger partial charge in [-0.1, -0.05) is 6.07 Å². The molecule has 92 valence electrons. The van der Waals surface area contributed by atoms with Gasteiger partial charge in [0.25, 0.3) is 0 Å². The summed E-state index contributed by atoms with van der Waals surface area (Å²) in [5.74, 6) is 0. The number of isocyanates is 1. The van der Waals surface area contributed by atoms with Crippen LogP contribution in [-0.4, -0.2) is 10.6 Å². The maximum absolute atomic E-state index is 10.6. The van der Waals surface area contributed by atoms with Gasteiger partial charge in [-0.2, -0.15) is 4.99 Å². The topological polar surface area (TPSA) is 34.4 Å². The van der Waals surface area contributed by atoms with Crippen molar-refractivity contribution in [3.05, 3.63) is 35.5 Å². The second-order valence-electron chi connectivity index (χ2n) is 5.24. The maximum atomic E-state index is 10.6. The van der Waals surface area contributed by atoms with Crippen LogP contribution in [0, 0.1) is 6.92 Å². The van der Waals surface area contributed by atoms with Gasteiger partial charge >= 0.3 is 0 Å². The minimum Gasteiger partial charge on any atom is -0.350 e. The lowest BCUT2D eigenvalue weighted by molar-refractivity contribution is 0.256. The minimum absolute atomic E-state index is 0.293. The van der Waals surface area contributed by atoms with Crippen LogP contribution in [0.1, 0.15) is 30.4 Å².